The summed E-state index contributed by atoms with van der Waals surface area (Å²) in [5.74, 6) is 0.905. The van der Waals surface area contributed by atoms with Gasteiger partial charge in [0, 0.05) is 31.1 Å². The molecule has 1 aromatic rings. The third-order valence-electron chi connectivity index (χ3n) is 3.50. The van der Waals surface area contributed by atoms with Crippen molar-refractivity contribution >= 4 is 35.7 Å². The van der Waals surface area contributed by atoms with Crippen LogP contribution in [-0.2, 0) is 0 Å². The van der Waals surface area contributed by atoms with Gasteiger partial charge in [0.25, 0.3) is 0 Å². The van der Waals surface area contributed by atoms with Gasteiger partial charge in [0.05, 0.1) is 11.4 Å². The first-order valence-corrected chi connectivity index (χ1v) is 8.19. The van der Waals surface area contributed by atoms with E-state index in [0.717, 1.165) is 42.1 Å². The van der Waals surface area contributed by atoms with Crippen molar-refractivity contribution in [3.8, 4) is 0 Å². The van der Waals surface area contributed by atoms with Gasteiger partial charge in [0.2, 0.25) is 5.96 Å². The second-order valence-electron chi connectivity index (χ2n) is 5.04. The van der Waals surface area contributed by atoms with Gasteiger partial charge in [0.15, 0.2) is 5.50 Å². The van der Waals surface area contributed by atoms with Crippen LogP contribution in [-0.4, -0.2) is 60.8 Å². The van der Waals surface area contributed by atoms with E-state index in [2.05, 4.69) is 32.1 Å². The SMILES string of the molecule is CN1CCN(C2=NC(Sc3ccccc3Cl)N=CN2)CC1. The summed E-state index contributed by atoms with van der Waals surface area (Å²) in [6, 6.07) is 7.79. The van der Waals surface area contributed by atoms with E-state index in [1.165, 1.54) is 0 Å². The Morgan fingerprint density at radius 3 is 2.76 bits per heavy atom. The molecular weight excluding hydrogens is 306 g/mol. The Balaban J connectivity index is 1.68. The van der Waals surface area contributed by atoms with Crippen LogP contribution in [0.4, 0.5) is 0 Å². The molecule has 0 radical (unpaired) electrons. The topological polar surface area (TPSA) is 43.2 Å². The fourth-order valence-electron chi connectivity index (χ4n) is 2.24. The Kier molecular flexibility index (Phi) is 4.67. The standard InChI is InChI=1S/C14H18ClN5S/c1-19-6-8-20(9-7-19)13-16-10-17-14(18-13)21-12-5-3-2-4-11(12)15/h2-5,10,14H,6-9H2,1H3,(H,16,17,18). The molecule has 1 N–H and O–H groups in total. The Labute approximate surface area is 134 Å². The quantitative estimate of drug-likeness (QED) is 0.903. The van der Waals surface area contributed by atoms with E-state index >= 15 is 0 Å². The smallest absolute Gasteiger partial charge is 0.202 e. The van der Waals surface area contributed by atoms with Gasteiger partial charge in [-0.25, -0.2) is 9.98 Å². The van der Waals surface area contributed by atoms with E-state index in [1.54, 1.807) is 18.1 Å². The fourth-order valence-corrected chi connectivity index (χ4v) is 3.34. The molecule has 0 spiro atoms. The first-order valence-electron chi connectivity index (χ1n) is 6.93. The molecule has 1 aromatic carbocycles. The molecule has 5 nitrogen and oxygen atoms in total. The number of nitrogens with zero attached hydrogens (tertiary/aromatic N) is 4. The number of hydrogen-bond acceptors (Lipinski definition) is 6. The minimum Gasteiger partial charge on any atom is -0.340 e. The number of piperazine rings is 1. The van der Waals surface area contributed by atoms with Crippen LogP contribution in [0.1, 0.15) is 0 Å². The molecule has 0 bridgehead atoms. The summed E-state index contributed by atoms with van der Waals surface area (Å²) in [6.07, 6.45) is 1.73. The van der Waals surface area contributed by atoms with Crippen molar-refractivity contribution in [1.82, 2.24) is 15.1 Å². The monoisotopic (exact) mass is 323 g/mol. The van der Waals surface area contributed by atoms with Crippen LogP contribution >= 0.6 is 23.4 Å². The number of rotatable bonds is 2. The van der Waals surface area contributed by atoms with Crippen LogP contribution in [0.25, 0.3) is 0 Å². The Hall–Kier alpha value is -1.24. The lowest BCUT2D eigenvalue weighted by Crippen LogP contribution is -2.52. The highest BCUT2D eigenvalue weighted by Crippen LogP contribution is 2.31. The number of aliphatic imine (C=N–C) groups is 2. The van der Waals surface area contributed by atoms with Crippen LogP contribution in [0.2, 0.25) is 5.02 Å². The van der Waals surface area contributed by atoms with Crippen molar-refractivity contribution in [2.45, 2.75) is 10.4 Å². The van der Waals surface area contributed by atoms with Gasteiger partial charge < -0.3 is 15.1 Å². The van der Waals surface area contributed by atoms with Crippen molar-refractivity contribution in [2.24, 2.45) is 9.98 Å². The number of halogens is 1. The van der Waals surface area contributed by atoms with E-state index in [-0.39, 0.29) is 5.50 Å². The van der Waals surface area contributed by atoms with Crippen LogP contribution < -0.4 is 5.32 Å². The van der Waals surface area contributed by atoms with Crippen LogP contribution in [0.15, 0.2) is 39.1 Å². The average Bonchev–Trinajstić information content (AvgIpc) is 2.51. The second-order valence-corrected chi connectivity index (χ2v) is 6.54. The van der Waals surface area contributed by atoms with Crippen LogP contribution in [0.3, 0.4) is 0 Å². The second kappa shape index (κ2) is 6.68. The number of thioether (sulfide) groups is 1. The van der Waals surface area contributed by atoms with E-state index in [9.17, 15) is 0 Å². The third-order valence-corrected chi connectivity index (χ3v) is 4.99. The first-order chi connectivity index (χ1) is 10.2. The number of hydrogen-bond donors (Lipinski definition) is 1. The molecule has 2 aliphatic rings. The van der Waals surface area contributed by atoms with Crippen LogP contribution in [0.5, 0.6) is 0 Å². The summed E-state index contributed by atoms with van der Waals surface area (Å²) in [7, 11) is 2.14. The van der Waals surface area contributed by atoms with Crippen LogP contribution in [0, 0.1) is 0 Å². The molecule has 0 aliphatic carbocycles. The molecule has 1 saturated heterocycles. The molecule has 7 heteroatoms. The predicted molar refractivity (Wildman–Crippen MR) is 89.2 cm³/mol. The summed E-state index contributed by atoms with van der Waals surface area (Å²) < 4.78 is 0. The van der Waals surface area contributed by atoms with Crippen molar-refractivity contribution in [1.29, 1.82) is 0 Å². The third kappa shape index (κ3) is 3.70. The van der Waals surface area contributed by atoms with Crippen molar-refractivity contribution in [3.63, 3.8) is 0 Å². The Morgan fingerprint density at radius 2 is 2.00 bits per heavy atom. The summed E-state index contributed by atoms with van der Waals surface area (Å²) in [4.78, 5) is 14.7. The summed E-state index contributed by atoms with van der Waals surface area (Å²) >= 11 is 7.76. The first kappa shape index (κ1) is 14.7. The predicted octanol–water partition coefficient (Wildman–Crippen LogP) is 1.95. The lowest BCUT2D eigenvalue weighted by Gasteiger charge is -2.35. The minimum absolute atomic E-state index is 0.180. The molecule has 0 aromatic heterocycles. The summed E-state index contributed by atoms with van der Waals surface area (Å²) in [6.45, 7) is 4.08. The molecule has 21 heavy (non-hydrogen) atoms. The molecule has 112 valence electrons. The molecule has 1 fully saturated rings. The van der Waals surface area contributed by atoms with E-state index in [4.69, 9.17) is 11.6 Å². The summed E-state index contributed by atoms with van der Waals surface area (Å²) in [5.41, 5.74) is -0.180. The maximum absolute atomic E-state index is 6.19. The Bertz CT molecular complexity index is 554. The van der Waals surface area contributed by atoms with Crippen molar-refractivity contribution < 1.29 is 0 Å². The van der Waals surface area contributed by atoms with Crippen molar-refractivity contribution in [3.05, 3.63) is 29.3 Å². The van der Waals surface area contributed by atoms with Gasteiger partial charge in [-0.15, -0.1) is 0 Å². The average molecular weight is 324 g/mol. The molecule has 2 aliphatic heterocycles. The van der Waals surface area contributed by atoms with Gasteiger partial charge in [-0.2, -0.15) is 0 Å². The van der Waals surface area contributed by atoms with E-state index in [1.807, 2.05) is 24.3 Å². The van der Waals surface area contributed by atoms with Gasteiger partial charge in [0.1, 0.15) is 0 Å². The van der Waals surface area contributed by atoms with Crippen molar-refractivity contribution in [2.75, 3.05) is 33.2 Å². The maximum atomic E-state index is 6.19. The zero-order chi connectivity index (χ0) is 14.7. The number of benzene rings is 1. The van der Waals surface area contributed by atoms with E-state index < -0.39 is 0 Å². The van der Waals surface area contributed by atoms with Gasteiger partial charge >= 0.3 is 0 Å². The Morgan fingerprint density at radius 1 is 1.24 bits per heavy atom. The molecule has 1 unspecified atom stereocenters. The zero-order valence-electron chi connectivity index (χ0n) is 11.9. The number of likely N-dealkylation sites (N-methyl/N-ethyl adjacent to an activating group) is 1. The molecule has 1 atom stereocenters. The fraction of sp³-hybridized carbons (Fsp3) is 0.429. The number of guanidine groups is 1. The lowest BCUT2D eigenvalue weighted by atomic mass is 10.3. The molecule has 0 amide bonds. The highest BCUT2D eigenvalue weighted by atomic mass is 35.5. The van der Waals surface area contributed by atoms with Gasteiger partial charge in [-0.3, -0.25) is 0 Å². The molecular formula is C14H18ClN5S. The van der Waals surface area contributed by atoms with Gasteiger partial charge in [-0.1, -0.05) is 35.5 Å². The minimum atomic E-state index is -0.180. The maximum Gasteiger partial charge on any atom is 0.202 e. The highest BCUT2D eigenvalue weighted by Gasteiger charge is 2.21. The molecule has 3 rings (SSSR count). The molecule has 2 heterocycles. The van der Waals surface area contributed by atoms with E-state index in [0.29, 0.717) is 0 Å². The largest absolute Gasteiger partial charge is 0.340 e. The normalized spacial score (nSPS) is 22.9. The summed E-state index contributed by atoms with van der Waals surface area (Å²) in [5, 5.41) is 3.90. The molecule has 0 saturated carbocycles. The highest BCUT2D eigenvalue weighted by molar-refractivity contribution is 8.00. The van der Waals surface area contributed by atoms with Gasteiger partial charge in [-0.05, 0) is 19.2 Å². The number of nitrogens with one attached hydrogen (secondary N) is 1. The lowest BCUT2D eigenvalue weighted by molar-refractivity contribution is 0.212. The zero-order valence-corrected chi connectivity index (χ0v) is 13.4.